The summed E-state index contributed by atoms with van der Waals surface area (Å²) in [6.07, 6.45) is 1.19. The molecule has 0 saturated carbocycles. The molecule has 1 aliphatic rings. The van der Waals surface area contributed by atoms with E-state index in [9.17, 15) is 8.42 Å². The molecule has 1 heterocycles. The van der Waals surface area contributed by atoms with Crippen LogP contribution in [0.5, 0.6) is 0 Å². The molecular weight excluding hydrogens is 147 g/mol. The summed E-state index contributed by atoms with van der Waals surface area (Å²) in [5, 5.41) is 0. The van der Waals surface area contributed by atoms with E-state index in [2.05, 4.69) is 4.18 Å². The number of hydrogen-bond donors (Lipinski definition) is 0. The fourth-order valence-electron chi connectivity index (χ4n) is 0.460. The molecule has 1 atom stereocenters. The maximum Gasteiger partial charge on any atom is 0.267 e. The van der Waals surface area contributed by atoms with Crippen LogP contribution in [0, 0.1) is 0 Å². The van der Waals surface area contributed by atoms with Gasteiger partial charge in [-0.2, -0.15) is 8.42 Å². The van der Waals surface area contributed by atoms with Crippen molar-refractivity contribution in [3.8, 4) is 0 Å². The van der Waals surface area contributed by atoms with Crippen LogP contribution in [0.2, 0.25) is 0 Å². The summed E-state index contributed by atoms with van der Waals surface area (Å²) in [6.45, 7) is 0. The van der Waals surface area contributed by atoms with Gasteiger partial charge >= 0.3 is 0 Å². The molecule has 1 rings (SSSR count). The first-order chi connectivity index (χ1) is 3.71. The van der Waals surface area contributed by atoms with E-state index in [0.717, 1.165) is 6.16 Å². The van der Waals surface area contributed by atoms with E-state index in [4.69, 9.17) is 0 Å². The third-order valence-corrected chi connectivity index (χ3v) is 3.57. The molecular formula is C3H7O3PS. The third-order valence-electron chi connectivity index (χ3n) is 0.869. The van der Waals surface area contributed by atoms with Gasteiger partial charge in [0.25, 0.3) is 10.1 Å². The minimum Gasteiger partial charge on any atom is -0.266 e. The van der Waals surface area contributed by atoms with Crippen LogP contribution < -0.4 is 0 Å². The molecule has 0 bridgehead atoms. The van der Waals surface area contributed by atoms with E-state index in [1.807, 2.05) is 0 Å². The van der Waals surface area contributed by atoms with Gasteiger partial charge in [-0.1, -0.05) is 8.58 Å². The smallest absolute Gasteiger partial charge is 0.266 e. The fourth-order valence-corrected chi connectivity index (χ4v) is 3.35. The maximum atomic E-state index is 10.4. The highest BCUT2D eigenvalue weighted by molar-refractivity contribution is 7.87. The van der Waals surface area contributed by atoms with Gasteiger partial charge in [0.2, 0.25) is 0 Å². The van der Waals surface area contributed by atoms with Crippen LogP contribution in [-0.4, -0.2) is 26.7 Å². The summed E-state index contributed by atoms with van der Waals surface area (Å²) in [7, 11) is -2.41. The highest BCUT2D eigenvalue weighted by atomic mass is 32.2. The van der Waals surface area contributed by atoms with Crippen molar-refractivity contribution in [2.75, 3.05) is 18.3 Å². The molecule has 0 aromatic heterocycles. The van der Waals surface area contributed by atoms with Gasteiger partial charge in [-0.15, -0.1) is 0 Å². The molecule has 0 spiro atoms. The Morgan fingerprint density at radius 3 is 2.50 bits per heavy atom. The zero-order chi connectivity index (χ0) is 6.04. The van der Waals surface area contributed by atoms with Gasteiger partial charge in [0.1, 0.15) is 0 Å². The normalized spacial score (nSPS) is 30.5. The summed E-state index contributed by atoms with van der Waals surface area (Å²) in [4.78, 5) is 0. The minimum atomic E-state index is -3.08. The summed E-state index contributed by atoms with van der Waals surface area (Å²) in [5.41, 5.74) is 0. The lowest BCUT2D eigenvalue weighted by molar-refractivity contribution is 0.376. The van der Waals surface area contributed by atoms with Gasteiger partial charge in [0.15, 0.2) is 0 Å². The van der Waals surface area contributed by atoms with Crippen molar-refractivity contribution in [1.82, 2.24) is 0 Å². The van der Waals surface area contributed by atoms with Crippen LogP contribution >= 0.6 is 8.58 Å². The predicted octanol–water partition coefficient (Wildman–Crippen LogP) is -0.0176. The summed E-state index contributed by atoms with van der Waals surface area (Å²) < 4.78 is 25.3. The minimum absolute atomic E-state index is 0.214. The van der Waals surface area contributed by atoms with Crippen LogP contribution in [0.15, 0.2) is 0 Å². The first-order valence-electron chi connectivity index (χ1n) is 2.28. The standard InChI is InChI=1S/C3H7O3PS/c4-8(5)2-1-7-3-6-8/h7H,1-3H2. The Bertz CT molecular complexity index is 149. The van der Waals surface area contributed by atoms with Crippen molar-refractivity contribution in [2.24, 2.45) is 0 Å². The van der Waals surface area contributed by atoms with Crippen LogP contribution in [0.4, 0.5) is 0 Å². The SMILES string of the molecule is O=S1(=O)CCPCO1. The Labute approximate surface area is 50.3 Å². The van der Waals surface area contributed by atoms with Crippen molar-refractivity contribution >= 4 is 18.7 Å². The van der Waals surface area contributed by atoms with Gasteiger partial charge in [-0.25, -0.2) is 0 Å². The van der Waals surface area contributed by atoms with Gasteiger partial charge < -0.3 is 0 Å². The average Bonchev–Trinajstić information content (AvgIpc) is 1.65. The molecule has 1 unspecified atom stereocenters. The van der Waals surface area contributed by atoms with Crippen LogP contribution in [-0.2, 0) is 14.3 Å². The molecule has 1 fully saturated rings. The molecule has 3 nitrogen and oxygen atoms in total. The van der Waals surface area contributed by atoms with Crippen molar-refractivity contribution < 1.29 is 12.6 Å². The molecule has 0 aliphatic carbocycles. The average molecular weight is 154 g/mol. The van der Waals surface area contributed by atoms with E-state index >= 15 is 0 Å². The zero-order valence-corrected chi connectivity index (χ0v) is 6.07. The van der Waals surface area contributed by atoms with Gasteiger partial charge in [-0.05, 0) is 6.16 Å². The molecule has 0 aromatic carbocycles. The van der Waals surface area contributed by atoms with Crippen LogP contribution in [0.25, 0.3) is 0 Å². The zero-order valence-electron chi connectivity index (χ0n) is 4.25. The van der Waals surface area contributed by atoms with Crippen molar-refractivity contribution in [2.45, 2.75) is 0 Å². The molecule has 8 heavy (non-hydrogen) atoms. The molecule has 0 aromatic rings. The fraction of sp³-hybridized carbons (Fsp3) is 1.00. The Morgan fingerprint density at radius 2 is 2.25 bits per heavy atom. The highest BCUT2D eigenvalue weighted by Gasteiger charge is 2.14. The van der Waals surface area contributed by atoms with E-state index in [0.29, 0.717) is 14.9 Å². The van der Waals surface area contributed by atoms with Crippen LogP contribution in [0.1, 0.15) is 0 Å². The topological polar surface area (TPSA) is 43.4 Å². The Balaban J connectivity index is 2.58. The number of rotatable bonds is 0. The van der Waals surface area contributed by atoms with Crippen LogP contribution in [0.3, 0.4) is 0 Å². The monoisotopic (exact) mass is 154 g/mol. The first-order valence-corrected chi connectivity index (χ1v) is 5.28. The molecule has 1 saturated heterocycles. The Hall–Kier alpha value is 0.340. The molecule has 0 N–H and O–H groups in total. The first kappa shape index (κ1) is 6.46. The lowest BCUT2D eigenvalue weighted by Crippen LogP contribution is -2.16. The second kappa shape index (κ2) is 2.29. The Kier molecular flexibility index (Phi) is 1.85. The van der Waals surface area contributed by atoms with Gasteiger partial charge in [-0.3, -0.25) is 4.18 Å². The largest absolute Gasteiger partial charge is 0.267 e. The molecule has 48 valence electrons. The molecule has 5 heteroatoms. The predicted molar refractivity (Wildman–Crippen MR) is 32.9 cm³/mol. The second-order valence-electron chi connectivity index (χ2n) is 1.52. The maximum absolute atomic E-state index is 10.4. The number of hydrogen-bond acceptors (Lipinski definition) is 3. The third kappa shape index (κ3) is 1.69. The van der Waals surface area contributed by atoms with Gasteiger partial charge in [0, 0.05) is 0 Å². The molecule has 1 aliphatic heterocycles. The highest BCUT2D eigenvalue weighted by Crippen LogP contribution is 2.18. The van der Waals surface area contributed by atoms with Gasteiger partial charge in [0.05, 0.1) is 12.1 Å². The lowest BCUT2D eigenvalue weighted by Gasteiger charge is -2.09. The summed E-state index contributed by atoms with van der Waals surface area (Å²) >= 11 is 0. The summed E-state index contributed by atoms with van der Waals surface area (Å²) in [6, 6.07) is 0. The van der Waals surface area contributed by atoms with Crippen molar-refractivity contribution in [3.63, 3.8) is 0 Å². The van der Waals surface area contributed by atoms with E-state index < -0.39 is 10.1 Å². The quantitative estimate of drug-likeness (QED) is 0.364. The lowest BCUT2D eigenvalue weighted by atomic mass is 11.0. The van der Waals surface area contributed by atoms with E-state index in [1.165, 1.54) is 0 Å². The van der Waals surface area contributed by atoms with E-state index in [1.54, 1.807) is 0 Å². The van der Waals surface area contributed by atoms with Crippen molar-refractivity contribution in [1.29, 1.82) is 0 Å². The van der Waals surface area contributed by atoms with E-state index in [-0.39, 0.29) is 5.75 Å². The molecule has 0 radical (unpaired) electrons. The second-order valence-corrected chi connectivity index (χ2v) is 4.57. The summed E-state index contributed by atoms with van der Waals surface area (Å²) in [5.74, 6) is 0.214. The van der Waals surface area contributed by atoms with Crippen molar-refractivity contribution in [3.05, 3.63) is 0 Å². The Morgan fingerprint density at radius 1 is 1.50 bits per heavy atom. The molecule has 0 amide bonds.